The molecule has 1 amide bonds. The van der Waals surface area contributed by atoms with Gasteiger partial charge in [-0.1, -0.05) is 6.92 Å². The molecule has 2 saturated heterocycles. The monoisotopic (exact) mass is 436 g/mol. The first-order valence-corrected chi connectivity index (χ1v) is 10.4. The number of nitrogens with zero attached hydrogens (tertiary/aromatic N) is 4. The molecular weight excluding hydrogens is 408 g/mol. The van der Waals surface area contributed by atoms with Crippen molar-refractivity contribution in [2.75, 3.05) is 31.7 Å². The third kappa shape index (κ3) is 4.28. The van der Waals surface area contributed by atoms with Crippen LogP contribution in [0.15, 0.2) is 12.7 Å². The number of carbonyl (C=O) groups excluding carboxylic acids is 1. The predicted octanol–water partition coefficient (Wildman–Crippen LogP) is 0.173. The summed E-state index contributed by atoms with van der Waals surface area (Å²) in [6, 6.07) is 0.135. The number of ether oxygens (including phenoxy) is 3. The van der Waals surface area contributed by atoms with Crippen LogP contribution in [0.3, 0.4) is 0 Å². The number of amides is 1. The van der Waals surface area contributed by atoms with Crippen molar-refractivity contribution in [2.24, 2.45) is 0 Å². The maximum atomic E-state index is 11.7. The molecule has 4 heterocycles. The number of imidazole rings is 1. The fourth-order valence-electron chi connectivity index (χ4n) is 3.78. The minimum absolute atomic E-state index is 0.135. The second kappa shape index (κ2) is 8.91. The number of alkyl carbamates (subject to hydrolysis) is 1. The molecule has 0 radical (unpaired) electrons. The lowest BCUT2D eigenvalue weighted by molar-refractivity contribution is -0.0951. The lowest BCUT2D eigenvalue weighted by Gasteiger charge is -2.27. The minimum atomic E-state index is -1.67. The van der Waals surface area contributed by atoms with Crippen LogP contribution in [0.2, 0.25) is 0 Å². The van der Waals surface area contributed by atoms with Gasteiger partial charge in [0.05, 0.1) is 19.0 Å². The van der Waals surface area contributed by atoms with Crippen LogP contribution in [0.1, 0.15) is 32.9 Å². The summed E-state index contributed by atoms with van der Waals surface area (Å²) in [6.45, 7) is 4.94. The molecule has 2 aliphatic rings. The van der Waals surface area contributed by atoms with Crippen molar-refractivity contribution < 1.29 is 29.2 Å². The Kier molecular flexibility index (Phi) is 6.23. The van der Waals surface area contributed by atoms with E-state index in [0.717, 1.165) is 12.8 Å². The van der Waals surface area contributed by atoms with Crippen LogP contribution in [0, 0.1) is 0 Å². The smallest absolute Gasteiger partial charge is 0.407 e. The summed E-state index contributed by atoms with van der Waals surface area (Å²) in [7, 11) is 0. The standard InChI is InChI=1S/C19H28N6O6/c1-3-5-20-18(27)30-8-12-14(26)19(2,28)17(31-12)25-10-23-13-15(21-9-22-16(13)25)24-11-4-6-29-7-11/h9-12,14,17,26,28H,3-8H2,1-2H3,(H,20,27)(H,21,22,24)/t11-,12-,14-,17-,19-/m1/s1. The maximum Gasteiger partial charge on any atom is 0.407 e. The summed E-state index contributed by atoms with van der Waals surface area (Å²) >= 11 is 0. The van der Waals surface area contributed by atoms with E-state index in [2.05, 4.69) is 25.6 Å². The number of aromatic nitrogens is 4. The first-order valence-electron chi connectivity index (χ1n) is 10.4. The number of rotatable bonds is 7. The Bertz CT molecular complexity index is 914. The molecule has 0 bridgehead atoms. The molecule has 0 unspecified atom stereocenters. The van der Waals surface area contributed by atoms with Crippen LogP contribution in [0.5, 0.6) is 0 Å². The van der Waals surface area contributed by atoms with Gasteiger partial charge in [-0.15, -0.1) is 0 Å². The van der Waals surface area contributed by atoms with E-state index in [-0.39, 0.29) is 12.6 Å². The highest BCUT2D eigenvalue weighted by molar-refractivity contribution is 5.82. The molecule has 0 spiro atoms. The van der Waals surface area contributed by atoms with E-state index in [4.69, 9.17) is 14.2 Å². The average molecular weight is 436 g/mol. The predicted molar refractivity (Wildman–Crippen MR) is 108 cm³/mol. The van der Waals surface area contributed by atoms with Crippen LogP contribution >= 0.6 is 0 Å². The maximum absolute atomic E-state index is 11.7. The van der Waals surface area contributed by atoms with Gasteiger partial charge in [-0.05, 0) is 19.8 Å². The highest BCUT2D eigenvalue weighted by Crippen LogP contribution is 2.39. The van der Waals surface area contributed by atoms with Gasteiger partial charge in [-0.25, -0.2) is 19.7 Å². The largest absolute Gasteiger partial charge is 0.447 e. The molecule has 2 aliphatic heterocycles. The number of hydrogen-bond donors (Lipinski definition) is 4. The number of aliphatic hydroxyl groups excluding tert-OH is 1. The summed E-state index contributed by atoms with van der Waals surface area (Å²) in [5, 5.41) is 27.5. The Morgan fingerprint density at radius 2 is 2.26 bits per heavy atom. The Hall–Kier alpha value is -2.54. The molecule has 4 N–H and O–H groups in total. The second-order valence-electron chi connectivity index (χ2n) is 7.97. The van der Waals surface area contributed by atoms with E-state index in [1.54, 1.807) is 4.57 Å². The first kappa shape index (κ1) is 21.7. The van der Waals surface area contributed by atoms with Gasteiger partial charge in [0.1, 0.15) is 30.7 Å². The molecule has 170 valence electrons. The lowest BCUT2D eigenvalue weighted by Crippen LogP contribution is -2.44. The van der Waals surface area contributed by atoms with E-state index < -0.39 is 30.1 Å². The second-order valence-corrected chi connectivity index (χ2v) is 7.97. The van der Waals surface area contributed by atoms with Crippen molar-refractivity contribution in [3.05, 3.63) is 12.7 Å². The number of fused-ring (bicyclic) bond motifs is 1. The van der Waals surface area contributed by atoms with E-state index in [1.807, 2.05) is 6.92 Å². The molecular formula is C19H28N6O6. The Morgan fingerprint density at radius 1 is 1.42 bits per heavy atom. The van der Waals surface area contributed by atoms with E-state index in [9.17, 15) is 15.0 Å². The molecule has 2 fully saturated rings. The fraction of sp³-hybridized carbons (Fsp3) is 0.684. The molecule has 0 saturated carbocycles. The zero-order valence-electron chi connectivity index (χ0n) is 17.5. The SMILES string of the molecule is CCCNC(=O)OC[C@H]1O[C@@H](n2cnc3c(N[C@@H]4CCOC4)ncnc32)[C@](C)(O)[C@@H]1O. The van der Waals surface area contributed by atoms with Crippen LogP contribution < -0.4 is 10.6 Å². The number of nitrogens with one attached hydrogen (secondary N) is 2. The molecule has 4 rings (SSSR count). The summed E-state index contributed by atoms with van der Waals surface area (Å²) in [4.78, 5) is 24.7. The van der Waals surface area contributed by atoms with Gasteiger partial charge in [-0.3, -0.25) is 4.57 Å². The number of hydrogen-bond acceptors (Lipinski definition) is 10. The zero-order chi connectivity index (χ0) is 22.0. The number of anilines is 1. The minimum Gasteiger partial charge on any atom is -0.447 e. The zero-order valence-corrected chi connectivity index (χ0v) is 17.5. The van der Waals surface area contributed by atoms with Crippen molar-refractivity contribution in [2.45, 2.75) is 56.8 Å². The summed E-state index contributed by atoms with van der Waals surface area (Å²) in [6.07, 6.45) is 0.728. The first-order chi connectivity index (χ1) is 14.9. The van der Waals surface area contributed by atoms with Crippen LogP contribution in [-0.2, 0) is 14.2 Å². The molecule has 5 atom stereocenters. The molecule has 0 aliphatic carbocycles. The van der Waals surface area contributed by atoms with Gasteiger partial charge in [0, 0.05) is 13.2 Å². The quantitative estimate of drug-likeness (QED) is 0.472. The fourth-order valence-corrected chi connectivity index (χ4v) is 3.78. The Balaban J connectivity index is 1.52. The van der Waals surface area contributed by atoms with Crippen molar-refractivity contribution in [3.8, 4) is 0 Å². The molecule has 2 aromatic heterocycles. The molecule has 0 aromatic carbocycles. The van der Waals surface area contributed by atoms with E-state index in [0.29, 0.717) is 36.7 Å². The summed E-state index contributed by atoms with van der Waals surface area (Å²) < 4.78 is 17.9. The van der Waals surface area contributed by atoms with E-state index in [1.165, 1.54) is 19.6 Å². The van der Waals surface area contributed by atoms with Gasteiger partial charge in [0.2, 0.25) is 0 Å². The number of carbonyl (C=O) groups is 1. The van der Waals surface area contributed by atoms with Crippen molar-refractivity contribution in [1.82, 2.24) is 24.8 Å². The molecule has 2 aromatic rings. The summed E-state index contributed by atoms with van der Waals surface area (Å²) in [5.74, 6) is 0.560. The van der Waals surface area contributed by atoms with Crippen molar-refractivity contribution in [1.29, 1.82) is 0 Å². The highest BCUT2D eigenvalue weighted by atomic mass is 16.6. The van der Waals surface area contributed by atoms with Gasteiger partial charge in [0.25, 0.3) is 0 Å². The molecule has 12 nitrogen and oxygen atoms in total. The normalized spacial score (nSPS) is 30.6. The van der Waals surface area contributed by atoms with Gasteiger partial charge < -0.3 is 35.1 Å². The van der Waals surface area contributed by atoms with Crippen LogP contribution in [-0.4, -0.2) is 86.0 Å². The van der Waals surface area contributed by atoms with Crippen LogP contribution in [0.4, 0.5) is 10.6 Å². The molecule has 31 heavy (non-hydrogen) atoms. The third-order valence-electron chi connectivity index (χ3n) is 5.53. The number of aliphatic hydroxyl groups is 2. The Labute approximate surface area is 178 Å². The van der Waals surface area contributed by atoms with Crippen LogP contribution in [0.25, 0.3) is 11.2 Å². The van der Waals surface area contributed by atoms with Gasteiger partial charge in [0.15, 0.2) is 23.2 Å². The topological polar surface area (TPSA) is 153 Å². The Morgan fingerprint density at radius 3 is 3.00 bits per heavy atom. The van der Waals surface area contributed by atoms with Gasteiger partial charge >= 0.3 is 6.09 Å². The average Bonchev–Trinajstić information content (AvgIpc) is 3.46. The third-order valence-corrected chi connectivity index (χ3v) is 5.53. The van der Waals surface area contributed by atoms with Crippen molar-refractivity contribution in [3.63, 3.8) is 0 Å². The highest BCUT2D eigenvalue weighted by Gasteiger charge is 2.54. The molecule has 12 heteroatoms. The van der Waals surface area contributed by atoms with Gasteiger partial charge in [-0.2, -0.15) is 0 Å². The lowest BCUT2D eigenvalue weighted by atomic mass is 9.96. The van der Waals surface area contributed by atoms with Crippen molar-refractivity contribution >= 4 is 23.1 Å². The summed E-state index contributed by atoms with van der Waals surface area (Å²) in [5.41, 5.74) is -0.711. The van der Waals surface area contributed by atoms with E-state index >= 15 is 0 Å².